The van der Waals surface area contributed by atoms with Gasteiger partial charge in [0.1, 0.15) is 0 Å². The lowest BCUT2D eigenvalue weighted by Gasteiger charge is -2.26. The number of carbonyl (C=O) groups excluding carboxylic acids is 1. The molecule has 0 saturated carbocycles. The van der Waals surface area contributed by atoms with Crippen molar-refractivity contribution >= 4 is 39.2 Å². The van der Waals surface area contributed by atoms with E-state index in [4.69, 9.17) is 12.2 Å². The number of amides is 1. The lowest BCUT2D eigenvalue weighted by atomic mass is 10.2. The maximum absolute atomic E-state index is 12.6. The molecule has 1 N–H and O–H groups in total. The summed E-state index contributed by atoms with van der Waals surface area (Å²) in [5.74, 6) is -0.224. The molecule has 27 heavy (non-hydrogen) atoms. The number of hydrogen-bond acceptors (Lipinski definition) is 2. The van der Waals surface area contributed by atoms with Gasteiger partial charge in [0.05, 0.1) is 5.56 Å². The molecule has 0 aliphatic rings. The van der Waals surface area contributed by atoms with Crippen LogP contribution >= 0.6 is 28.1 Å². The maximum Gasteiger partial charge on any atom is 0.258 e. The highest BCUT2D eigenvalue weighted by Gasteiger charge is 2.16. The van der Waals surface area contributed by atoms with E-state index in [0.29, 0.717) is 23.8 Å². The van der Waals surface area contributed by atoms with E-state index in [1.165, 1.54) is 0 Å². The van der Waals surface area contributed by atoms with E-state index in [9.17, 15) is 4.79 Å². The average molecular weight is 439 g/mol. The summed E-state index contributed by atoms with van der Waals surface area (Å²) in [6, 6.07) is 27.5. The predicted octanol–water partition coefficient (Wildman–Crippen LogP) is 5.17. The molecule has 3 aromatic rings. The van der Waals surface area contributed by atoms with E-state index < -0.39 is 0 Å². The van der Waals surface area contributed by atoms with Gasteiger partial charge in [-0.3, -0.25) is 10.1 Å². The molecule has 0 fully saturated rings. The van der Waals surface area contributed by atoms with E-state index >= 15 is 0 Å². The third-order valence-corrected chi connectivity index (χ3v) is 5.11. The highest BCUT2D eigenvalue weighted by atomic mass is 79.9. The molecule has 0 heterocycles. The molecular weight excluding hydrogens is 420 g/mol. The molecule has 136 valence electrons. The fraction of sp³-hybridized carbons (Fsp3) is 0.0909. The molecule has 3 rings (SSSR count). The van der Waals surface area contributed by atoms with Crippen molar-refractivity contribution in [1.82, 2.24) is 10.2 Å². The van der Waals surface area contributed by atoms with Gasteiger partial charge in [-0.05, 0) is 51.4 Å². The van der Waals surface area contributed by atoms with Crippen molar-refractivity contribution in [2.45, 2.75) is 13.1 Å². The van der Waals surface area contributed by atoms with E-state index in [1.807, 2.05) is 59.5 Å². The van der Waals surface area contributed by atoms with Crippen LogP contribution in [0, 0.1) is 0 Å². The Morgan fingerprint density at radius 3 is 1.81 bits per heavy atom. The zero-order chi connectivity index (χ0) is 19.1. The molecule has 0 unspecified atom stereocenters. The number of hydrogen-bond donors (Lipinski definition) is 1. The highest BCUT2D eigenvalue weighted by molar-refractivity contribution is 9.10. The van der Waals surface area contributed by atoms with Gasteiger partial charge in [0, 0.05) is 17.6 Å². The van der Waals surface area contributed by atoms with Gasteiger partial charge < -0.3 is 4.90 Å². The smallest absolute Gasteiger partial charge is 0.258 e. The zero-order valence-corrected chi connectivity index (χ0v) is 17.0. The summed E-state index contributed by atoms with van der Waals surface area (Å²) in [7, 11) is 0. The molecule has 1 amide bonds. The first-order valence-corrected chi connectivity index (χ1v) is 9.76. The molecule has 0 aromatic heterocycles. The van der Waals surface area contributed by atoms with E-state index in [-0.39, 0.29) is 5.91 Å². The molecule has 0 aliphatic carbocycles. The van der Waals surface area contributed by atoms with Crippen LogP contribution in [-0.4, -0.2) is 15.9 Å². The van der Waals surface area contributed by atoms with Crippen LogP contribution in [0.25, 0.3) is 0 Å². The Morgan fingerprint density at radius 2 is 1.30 bits per heavy atom. The number of rotatable bonds is 5. The van der Waals surface area contributed by atoms with Crippen LogP contribution in [-0.2, 0) is 13.1 Å². The average Bonchev–Trinajstić information content (AvgIpc) is 2.69. The normalized spacial score (nSPS) is 10.3. The maximum atomic E-state index is 12.6. The lowest BCUT2D eigenvalue weighted by molar-refractivity contribution is 0.0972. The Hall–Kier alpha value is -2.50. The van der Waals surface area contributed by atoms with Crippen molar-refractivity contribution in [2.24, 2.45) is 0 Å². The number of nitrogens with zero attached hydrogens (tertiary/aromatic N) is 1. The Kier molecular flexibility index (Phi) is 6.74. The molecule has 0 radical (unpaired) electrons. The summed E-state index contributed by atoms with van der Waals surface area (Å²) in [5, 5.41) is 3.27. The Bertz CT molecular complexity index is 874. The molecule has 3 aromatic carbocycles. The largest absolute Gasteiger partial charge is 0.340 e. The Balaban J connectivity index is 1.77. The van der Waals surface area contributed by atoms with Crippen molar-refractivity contribution in [3.8, 4) is 0 Å². The van der Waals surface area contributed by atoms with Gasteiger partial charge in [0.2, 0.25) is 0 Å². The Labute approximate surface area is 173 Å². The van der Waals surface area contributed by atoms with Crippen molar-refractivity contribution in [3.05, 3.63) is 106 Å². The van der Waals surface area contributed by atoms with Crippen molar-refractivity contribution in [3.63, 3.8) is 0 Å². The van der Waals surface area contributed by atoms with Gasteiger partial charge in [-0.15, -0.1) is 0 Å². The molecular formula is C22H19BrN2OS. The number of nitrogens with one attached hydrogen (secondary N) is 1. The third kappa shape index (κ3) is 5.49. The van der Waals surface area contributed by atoms with Crippen LogP contribution in [0.3, 0.4) is 0 Å². The molecule has 0 bridgehead atoms. The summed E-state index contributed by atoms with van der Waals surface area (Å²) in [6.07, 6.45) is 0. The van der Waals surface area contributed by atoms with Gasteiger partial charge >= 0.3 is 0 Å². The number of thiocarbonyl (C=S) groups is 1. The second-order valence-electron chi connectivity index (χ2n) is 6.07. The lowest BCUT2D eigenvalue weighted by Crippen LogP contribution is -2.42. The minimum Gasteiger partial charge on any atom is -0.340 e. The third-order valence-electron chi connectivity index (χ3n) is 4.06. The first-order chi connectivity index (χ1) is 13.1. The summed E-state index contributed by atoms with van der Waals surface area (Å²) in [4.78, 5) is 14.6. The fourth-order valence-electron chi connectivity index (χ4n) is 2.70. The topological polar surface area (TPSA) is 32.3 Å². The van der Waals surface area contributed by atoms with Gasteiger partial charge in [0.25, 0.3) is 5.91 Å². The first-order valence-electron chi connectivity index (χ1n) is 8.56. The van der Waals surface area contributed by atoms with E-state index in [2.05, 4.69) is 45.5 Å². The predicted molar refractivity (Wildman–Crippen MR) is 116 cm³/mol. The van der Waals surface area contributed by atoms with E-state index in [0.717, 1.165) is 15.6 Å². The Morgan fingerprint density at radius 1 is 0.815 bits per heavy atom. The zero-order valence-electron chi connectivity index (χ0n) is 14.6. The van der Waals surface area contributed by atoms with Crippen molar-refractivity contribution in [1.29, 1.82) is 0 Å². The van der Waals surface area contributed by atoms with Gasteiger partial charge in [-0.2, -0.15) is 0 Å². The van der Waals surface area contributed by atoms with Gasteiger partial charge in [-0.1, -0.05) is 72.8 Å². The van der Waals surface area contributed by atoms with Gasteiger partial charge in [0.15, 0.2) is 5.11 Å². The van der Waals surface area contributed by atoms with Crippen LogP contribution in [0.4, 0.5) is 0 Å². The number of halogens is 1. The second kappa shape index (κ2) is 9.44. The minimum absolute atomic E-state index is 0.224. The molecule has 0 aliphatic heterocycles. The van der Waals surface area contributed by atoms with Crippen molar-refractivity contribution in [2.75, 3.05) is 0 Å². The molecule has 0 spiro atoms. The van der Waals surface area contributed by atoms with Crippen molar-refractivity contribution < 1.29 is 4.79 Å². The number of carbonyl (C=O) groups is 1. The molecule has 0 saturated heterocycles. The van der Waals surface area contributed by atoms with Crippen LogP contribution < -0.4 is 5.32 Å². The SMILES string of the molecule is O=C(NC(=S)N(Cc1ccccc1)Cc1ccccc1)c1ccccc1Br. The standard InChI is InChI=1S/C22H19BrN2OS/c23-20-14-8-7-13-19(20)21(26)24-22(27)25(15-17-9-3-1-4-10-17)16-18-11-5-2-6-12-18/h1-14H,15-16H2,(H,24,26,27). The second-order valence-corrected chi connectivity index (χ2v) is 7.31. The molecule has 3 nitrogen and oxygen atoms in total. The monoisotopic (exact) mass is 438 g/mol. The number of benzene rings is 3. The summed E-state index contributed by atoms with van der Waals surface area (Å²) >= 11 is 8.99. The minimum atomic E-state index is -0.224. The van der Waals surface area contributed by atoms with Crippen LogP contribution in [0.5, 0.6) is 0 Å². The molecule has 5 heteroatoms. The fourth-order valence-corrected chi connectivity index (χ4v) is 3.38. The van der Waals surface area contributed by atoms with E-state index in [1.54, 1.807) is 6.07 Å². The quantitative estimate of drug-likeness (QED) is 0.557. The summed E-state index contributed by atoms with van der Waals surface area (Å²) in [5.41, 5.74) is 2.82. The van der Waals surface area contributed by atoms with Crippen LogP contribution in [0.2, 0.25) is 0 Å². The molecule has 0 atom stereocenters. The first kappa shape index (κ1) is 19.3. The van der Waals surface area contributed by atoms with Crippen LogP contribution in [0.15, 0.2) is 89.4 Å². The summed E-state index contributed by atoms with van der Waals surface area (Å²) < 4.78 is 0.739. The van der Waals surface area contributed by atoms with Crippen LogP contribution in [0.1, 0.15) is 21.5 Å². The summed E-state index contributed by atoms with van der Waals surface area (Å²) in [6.45, 7) is 1.23. The highest BCUT2D eigenvalue weighted by Crippen LogP contribution is 2.16. The van der Waals surface area contributed by atoms with Gasteiger partial charge in [-0.25, -0.2) is 0 Å².